The first-order valence-corrected chi connectivity index (χ1v) is 11.3. The Kier molecular flexibility index (Phi) is 7.14. The zero-order chi connectivity index (χ0) is 24.1. The minimum atomic E-state index is -0.456. The van der Waals surface area contributed by atoms with Gasteiger partial charge in [-0.2, -0.15) is 5.10 Å². The number of methoxy groups -OCH3 is 1. The number of aromatic nitrogens is 1. The van der Waals surface area contributed by atoms with E-state index in [1.54, 1.807) is 19.4 Å². The smallest absolute Gasteiger partial charge is 0.252 e. The summed E-state index contributed by atoms with van der Waals surface area (Å²) in [5.41, 5.74) is 8.24. The van der Waals surface area contributed by atoms with E-state index in [4.69, 9.17) is 16.3 Å². The van der Waals surface area contributed by atoms with Crippen LogP contribution in [0.3, 0.4) is 0 Å². The molecule has 172 valence electrons. The Morgan fingerprint density at radius 3 is 2.18 bits per heavy atom. The van der Waals surface area contributed by atoms with Gasteiger partial charge in [-0.25, -0.2) is 5.43 Å². The maximum Gasteiger partial charge on any atom is 0.252 e. The van der Waals surface area contributed by atoms with E-state index in [9.17, 15) is 4.79 Å². The van der Waals surface area contributed by atoms with E-state index >= 15 is 0 Å². The van der Waals surface area contributed by atoms with Crippen molar-refractivity contribution in [2.24, 2.45) is 5.10 Å². The van der Waals surface area contributed by atoms with Crippen LogP contribution in [0.4, 0.5) is 0 Å². The van der Waals surface area contributed by atoms with Gasteiger partial charge in [0.2, 0.25) is 0 Å². The van der Waals surface area contributed by atoms with Crippen LogP contribution >= 0.6 is 11.6 Å². The van der Waals surface area contributed by atoms with Crippen molar-refractivity contribution in [2.75, 3.05) is 7.11 Å². The first-order chi connectivity index (χ1) is 16.5. The summed E-state index contributed by atoms with van der Waals surface area (Å²) in [5, 5.41) is 4.91. The molecular formula is C28H26ClN3O2. The summed E-state index contributed by atoms with van der Waals surface area (Å²) in [6, 6.07) is 26.9. The van der Waals surface area contributed by atoms with Crippen LogP contribution in [0.1, 0.15) is 34.0 Å². The van der Waals surface area contributed by atoms with Crippen LogP contribution in [0, 0.1) is 13.8 Å². The quantitative estimate of drug-likeness (QED) is 0.264. The van der Waals surface area contributed by atoms with E-state index in [1.165, 1.54) is 0 Å². The number of halogens is 1. The van der Waals surface area contributed by atoms with Gasteiger partial charge in [-0.1, -0.05) is 72.3 Å². The molecule has 34 heavy (non-hydrogen) atoms. The Hall–Kier alpha value is -3.83. The molecule has 1 N–H and O–H groups in total. The molecule has 0 bridgehead atoms. The molecule has 1 amide bonds. The number of ether oxygens (including phenoxy) is 1. The largest absolute Gasteiger partial charge is 0.495 e. The minimum absolute atomic E-state index is 0.195. The number of hydrogen-bond acceptors (Lipinski definition) is 3. The van der Waals surface area contributed by atoms with Gasteiger partial charge in [-0.15, -0.1) is 0 Å². The lowest BCUT2D eigenvalue weighted by molar-refractivity contribution is -0.121. The van der Waals surface area contributed by atoms with Crippen LogP contribution in [0.5, 0.6) is 5.75 Å². The Labute approximate surface area is 204 Å². The number of benzene rings is 3. The molecule has 0 fully saturated rings. The van der Waals surface area contributed by atoms with Crippen molar-refractivity contribution in [3.63, 3.8) is 0 Å². The predicted molar refractivity (Wildman–Crippen MR) is 137 cm³/mol. The van der Waals surface area contributed by atoms with Crippen LogP contribution < -0.4 is 10.2 Å². The second-order valence-corrected chi connectivity index (χ2v) is 8.40. The van der Waals surface area contributed by atoms with Crippen molar-refractivity contribution in [3.05, 3.63) is 118 Å². The standard InChI is InChI=1S/C28H26ClN3O2/c1-19-16-23(20(2)32(19)25-17-24(29)14-15-26(25)34-3)18-30-31-28(33)27(21-10-6-4-7-11-21)22-12-8-5-9-13-22/h4-18,27H,1-3H3,(H,31,33)/b30-18-. The number of carbonyl (C=O) groups is 1. The second kappa shape index (κ2) is 10.4. The summed E-state index contributed by atoms with van der Waals surface area (Å²) >= 11 is 6.24. The summed E-state index contributed by atoms with van der Waals surface area (Å²) in [6.07, 6.45) is 1.67. The highest BCUT2D eigenvalue weighted by molar-refractivity contribution is 6.30. The third-order valence-corrected chi connectivity index (χ3v) is 5.99. The van der Waals surface area contributed by atoms with Crippen LogP contribution in [0.25, 0.3) is 5.69 Å². The van der Waals surface area contributed by atoms with Crippen molar-refractivity contribution < 1.29 is 9.53 Å². The molecule has 0 saturated heterocycles. The third-order valence-electron chi connectivity index (χ3n) is 5.76. The summed E-state index contributed by atoms with van der Waals surface area (Å²) in [6.45, 7) is 4.00. The van der Waals surface area contributed by atoms with Gasteiger partial charge in [0.15, 0.2) is 0 Å². The van der Waals surface area contributed by atoms with Crippen LogP contribution in [0.2, 0.25) is 5.02 Å². The average molecular weight is 472 g/mol. The summed E-state index contributed by atoms with van der Waals surface area (Å²) in [5.74, 6) is 0.0678. The van der Waals surface area contributed by atoms with E-state index in [1.807, 2.05) is 92.7 Å². The van der Waals surface area contributed by atoms with Gasteiger partial charge >= 0.3 is 0 Å². The lowest BCUT2D eigenvalue weighted by Crippen LogP contribution is -2.26. The van der Waals surface area contributed by atoms with E-state index in [0.717, 1.165) is 39.5 Å². The SMILES string of the molecule is COc1ccc(Cl)cc1-n1c(C)cc(/C=N\NC(=O)C(c2ccccc2)c2ccccc2)c1C. The number of nitrogens with zero attached hydrogens (tertiary/aromatic N) is 2. The van der Waals surface area contributed by atoms with Crippen molar-refractivity contribution in [1.29, 1.82) is 0 Å². The highest BCUT2D eigenvalue weighted by atomic mass is 35.5. The highest BCUT2D eigenvalue weighted by Crippen LogP contribution is 2.30. The van der Waals surface area contributed by atoms with E-state index in [2.05, 4.69) is 15.1 Å². The maximum absolute atomic E-state index is 13.2. The Bertz CT molecular complexity index is 1270. The summed E-state index contributed by atoms with van der Waals surface area (Å²) in [4.78, 5) is 13.2. The fraction of sp³-hybridized carbons (Fsp3) is 0.143. The van der Waals surface area contributed by atoms with Gasteiger partial charge in [0.05, 0.1) is 24.9 Å². The molecule has 5 nitrogen and oxygen atoms in total. The fourth-order valence-corrected chi connectivity index (χ4v) is 4.31. The van der Waals surface area contributed by atoms with Crippen LogP contribution in [-0.2, 0) is 4.79 Å². The fourth-order valence-electron chi connectivity index (χ4n) is 4.14. The number of nitrogens with one attached hydrogen (secondary N) is 1. The Morgan fingerprint density at radius 1 is 0.971 bits per heavy atom. The first-order valence-electron chi connectivity index (χ1n) is 10.9. The molecular weight excluding hydrogens is 446 g/mol. The molecule has 1 heterocycles. The van der Waals surface area contributed by atoms with Gasteiger partial charge < -0.3 is 9.30 Å². The van der Waals surface area contributed by atoms with Gasteiger partial charge in [0.1, 0.15) is 5.75 Å². The molecule has 4 rings (SSSR count). The van der Waals surface area contributed by atoms with Gasteiger partial charge in [-0.3, -0.25) is 4.79 Å². The lowest BCUT2D eigenvalue weighted by atomic mass is 9.91. The number of hydrogen-bond donors (Lipinski definition) is 1. The Balaban J connectivity index is 1.60. The number of rotatable bonds is 7. The van der Waals surface area contributed by atoms with Crippen LogP contribution in [0.15, 0.2) is 90.0 Å². The Morgan fingerprint density at radius 2 is 1.59 bits per heavy atom. The van der Waals surface area contributed by atoms with Crippen LogP contribution in [-0.4, -0.2) is 23.8 Å². The van der Waals surface area contributed by atoms with E-state index < -0.39 is 5.92 Å². The molecule has 4 aromatic rings. The third kappa shape index (κ3) is 4.90. The highest BCUT2D eigenvalue weighted by Gasteiger charge is 2.22. The molecule has 6 heteroatoms. The number of carbonyl (C=O) groups excluding carboxylic acids is 1. The molecule has 0 aliphatic carbocycles. The van der Waals surface area contributed by atoms with Gasteiger partial charge in [0.25, 0.3) is 5.91 Å². The zero-order valence-electron chi connectivity index (χ0n) is 19.3. The molecule has 1 aromatic heterocycles. The molecule has 0 spiro atoms. The molecule has 0 unspecified atom stereocenters. The normalized spacial score (nSPS) is 11.2. The van der Waals surface area contributed by atoms with Crippen molar-refractivity contribution in [2.45, 2.75) is 19.8 Å². The topological polar surface area (TPSA) is 55.6 Å². The monoisotopic (exact) mass is 471 g/mol. The molecule has 0 atom stereocenters. The molecule has 0 radical (unpaired) electrons. The van der Waals surface area contributed by atoms with Crippen molar-refractivity contribution in [1.82, 2.24) is 9.99 Å². The maximum atomic E-state index is 13.2. The zero-order valence-corrected chi connectivity index (χ0v) is 20.1. The minimum Gasteiger partial charge on any atom is -0.495 e. The second-order valence-electron chi connectivity index (χ2n) is 7.97. The molecule has 0 aliphatic rings. The summed E-state index contributed by atoms with van der Waals surface area (Å²) in [7, 11) is 1.63. The number of aryl methyl sites for hydroxylation is 1. The molecule has 0 aliphatic heterocycles. The predicted octanol–water partition coefficient (Wildman–Crippen LogP) is 6.04. The average Bonchev–Trinajstić information content (AvgIpc) is 3.13. The van der Waals surface area contributed by atoms with E-state index in [-0.39, 0.29) is 5.91 Å². The van der Waals surface area contributed by atoms with Gasteiger partial charge in [-0.05, 0) is 49.2 Å². The van der Waals surface area contributed by atoms with Crippen molar-refractivity contribution >= 4 is 23.7 Å². The number of amides is 1. The van der Waals surface area contributed by atoms with E-state index in [0.29, 0.717) is 5.02 Å². The lowest BCUT2D eigenvalue weighted by Gasteiger charge is -2.16. The molecule has 3 aromatic carbocycles. The number of hydrazone groups is 1. The van der Waals surface area contributed by atoms with Crippen molar-refractivity contribution in [3.8, 4) is 11.4 Å². The summed E-state index contributed by atoms with van der Waals surface area (Å²) < 4.78 is 7.59. The molecule has 0 saturated carbocycles. The van der Waals surface area contributed by atoms with Gasteiger partial charge in [0, 0.05) is 22.0 Å². The first kappa shape index (κ1) is 23.3.